The summed E-state index contributed by atoms with van der Waals surface area (Å²) >= 11 is 0. The predicted octanol–water partition coefficient (Wildman–Crippen LogP) is 2.85. The lowest BCUT2D eigenvalue weighted by atomic mass is 10.3. The maximum atomic E-state index is 14.5. The van der Waals surface area contributed by atoms with Gasteiger partial charge in [0.05, 0.1) is 17.9 Å². The van der Waals surface area contributed by atoms with E-state index in [4.69, 9.17) is 0 Å². The minimum atomic E-state index is -4.81. The van der Waals surface area contributed by atoms with Crippen molar-refractivity contribution in [1.29, 1.82) is 0 Å². The SMILES string of the molecule is Cc1nc(NCc2c(F)c(S(=O)(=O)NC(C)C(F)(F)F)cn2C)ccc1F. The first-order chi connectivity index (χ1) is 12.3. The van der Waals surface area contributed by atoms with E-state index in [1.807, 2.05) is 0 Å². The number of rotatable bonds is 6. The van der Waals surface area contributed by atoms with E-state index in [1.165, 1.54) is 24.8 Å². The third-order valence-electron chi connectivity index (χ3n) is 3.78. The predicted molar refractivity (Wildman–Crippen MR) is 87.5 cm³/mol. The third kappa shape index (κ3) is 4.75. The lowest BCUT2D eigenvalue weighted by Crippen LogP contribution is -2.43. The molecule has 0 radical (unpaired) electrons. The van der Waals surface area contributed by atoms with Gasteiger partial charge in [0, 0.05) is 13.2 Å². The highest BCUT2D eigenvalue weighted by Gasteiger charge is 2.40. The van der Waals surface area contributed by atoms with Crippen LogP contribution in [0.2, 0.25) is 0 Å². The van der Waals surface area contributed by atoms with E-state index in [9.17, 15) is 30.4 Å². The van der Waals surface area contributed by atoms with Crippen molar-refractivity contribution in [2.75, 3.05) is 5.32 Å². The second-order valence-corrected chi connectivity index (χ2v) is 7.55. The van der Waals surface area contributed by atoms with E-state index in [0.717, 1.165) is 16.8 Å². The van der Waals surface area contributed by atoms with Gasteiger partial charge in [0.1, 0.15) is 22.6 Å². The van der Waals surface area contributed by atoms with Crippen LogP contribution in [-0.4, -0.2) is 30.2 Å². The minimum absolute atomic E-state index is 0.112. The molecule has 0 spiro atoms. The lowest BCUT2D eigenvalue weighted by Gasteiger charge is -2.16. The molecule has 0 aliphatic rings. The maximum Gasteiger partial charge on any atom is 0.404 e. The fourth-order valence-electron chi connectivity index (χ4n) is 2.18. The Morgan fingerprint density at radius 1 is 1.26 bits per heavy atom. The molecule has 6 nitrogen and oxygen atoms in total. The monoisotopic (exact) mass is 412 g/mol. The molecule has 2 rings (SSSR count). The number of nitrogens with one attached hydrogen (secondary N) is 2. The van der Waals surface area contributed by atoms with Gasteiger partial charge in [0.15, 0.2) is 5.82 Å². The van der Waals surface area contributed by atoms with Gasteiger partial charge in [-0.25, -0.2) is 22.2 Å². The molecule has 0 saturated carbocycles. The van der Waals surface area contributed by atoms with Gasteiger partial charge in [-0.1, -0.05) is 0 Å². The van der Waals surface area contributed by atoms with E-state index >= 15 is 0 Å². The van der Waals surface area contributed by atoms with Crippen LogP contribution >= 0.6 is 0 Å². The standard InChI is InChI=1S/C15H17F5N4O2S/c1-8-10(16)4-5-13(22-8)21-6-11-14(17)12(7-24(11)3)27(25,26)23-9(2)15(18,19)20/h4-5,7,9,23H,6H2,1-3H3,(H,21,22). The summed E-state index contributed by atoms with van der Waals surface area (Å²) in [5.41, 5.74) is -0.0141. The third-order valence-corrected chi connectivity index (χ3v) is 5.30. The molecular weight excluding hydrogens is 395 g/mol. The molecule has 1 atom stereocenters. The number of hydrogen-bond donors (Lipinski definition) is 2. The Hall–Kier alpha value is -2.21. The summed E-state index contributed by atoms with van der Waals surface area (Å²) in [5.74, 6) is -1.49. The summed E-state index contributed by atoms with van der Waals surface area (Å²) in [4.78, 5) is 2.99. The minimum Gasteiger partial charge on any atom is -0.364 e. The highest BCUT2D eigenvalue weighted by molar-refractivity contribution is 7.89. The first-order valence-electron chi connectivity index (χ1n) is 7.62. The van der Waals surface area contributed by atoms with Crippen molar-refractivity contribution < 1.29 is 30.4 Å². The zero-order valence-corrected chi connectivity index (χ0v) is 15.3. The maximum absolute atomic E-state index is 14.5. The molecule has 12 heteroatoms. The van der Waals surface area contributed by atoms with Gasteiger partial charge < -0.3 is 9.88 Å². The molecule has 2 heterocycles. The van der Waals surface area contributed by atoms with Crippen molar-refractivity contribution in [2.45, 2.75) is 37.5 Å². The summed E-state index contributed by atoms with van der Waals surface area (Å²) in [6, 6.07) is 0.0904. The Balaban J connectivity index is 2.24. The van der Waals surface area contributed by atoms with Crippen molar-refractivity contribution in [3.8, 4) is 0 Å². The number of pyridine rings is 1. The molecule has 0 aliphatic carbocycles. The number of aromatic nitrogens is 2. The molecule has 0 amide bonds. The van der Waals surface area contributed by atoms with Crippen LogP contribution in [0.15, 0.2) is 23.2 Å². The molecule has 150 valence electrons. The van der Waals surface area contributed by atoms with Crippen molar-refractivity contribution in [3.05, 3.63) is 41.4 Å². The van der Waals surface area contributed by atoms with Crippen LogP contribution < -0.4 is 10.0 Å². The fourth-order valence-corrected chi connectivity index (χ4v) is 3.55. The number of alkyl halides is 3. The molecule has 2 N–H and O–H groups in total. The summed E-state index contributed by atoms with van der Waals surface area (Å²) in [7, 11) is -3.39. The summed E-state index contributed by atoms with van der Waals surface area (Å²) < 4.78 is 92.2. The van der Waals surface area contributed by atoms with Crippen LogP contribution in [0.25, 0.3) is 0 Å². The zero-order chi connectivity index (χ0) is 20.6. The van der Waals surface area contributed by atoms with Crippen LogP contribution in [0.5, 0.6) is 0 Å². The second kappa shape index (κ2) is 7.43. The van der Waals surface area contributed by atoms with Crippen LogP contribution in [0.3, 0.4) is 0 Å². The van der Waals surface area contributed by atoms with Gasteiger partial charge in [-0.05, 0) is 26.0 Å². The van der Waals surface area contributed by atoms with Gasteiger partial charge in [0.25, 0.3) is 0 Å². The van der Waals surface area contributed by atoms with Crippen molar-refractivity contribution >= 4 is 15.8 Å². The molecule has 27 heavy (non-hydrogen) atoms. The summed E-state index contributed by atoms with van der Waals surface area (Å²) in [5, 5.41) is 2.71. The number of sulfonamides is 1. The van der Waals surface area contributed by atoms with E-state index in [1.54, 1.807) is 0 Å². The number of hydrogen-bond acceptors (Lipinski definition) is 4. The highest BCUT2D eigenvalue weighted by atomic mass is 32.2. The number of anilines is 1. The first kappa shape index (κ1) is 21.1. The van der Waals surface area contributed by atoms with Gasteiger partial charge in [-0.3, -0.25) is 0 Å². The molecule has 0 aliphatic heterocycles. The Labute approximate surface area is 152 Å². The quantitative estimate of drug-likeness (QED) is 0.716. The van der Waals surface area contributed by atoms with Crippen molar-refractivity contribution in [3.63, 3.8) is 0 Å². The second-order valence-electron chi connectivity index (χ2n) is 5.87. The molecule has 0 aromatic carbocycles. The first-order valence-corrected chi connectivity index (χ1v) is 9.11. The van der Waals surface area contributed by atoms with Crippen molar-refractivity contribution in [2.24, 2.45) is 7.05 Å². The number of aryl methyl sites for hydroxylation is 2. The Bertz CT molecular complexity index is 940. The highest BCUT2D eigenvalue weighted by Crippen LogP contribution is 2.25. The summed E-state index contributed by atoms with van der Waals surface area (Å²) in [6.45, 7) is 1.83. The molecule has 0 fully saturated rings. The van der Waals surface area contributed by atoms with Gasteiger partial charge >= 0.3 is 6.18 Å². The zero-order valence-electron chi connectivity index (χ0n) is 14.5. The molecule has 2 aromatic rings. The number of nitrogens with zero attached hydrogens (tertiary/aromatic N) is 2. The topological polar surface area (TPSA) is 76.0 Å². The smallest absolute Gasteiger partial charge is 0.364 e. The van der Waals surface area contributed by atoms with Gasteiger partial charge in [-0.2, -0.15) is 17.9 Å². The fraction of sp³-hybridized carbons (Fsp3) is 0.400. The Kier molecular flexibility index (Phi) is 5.80. The molecule has 0 bridgehead atoms. The largest absolute Gasteiger partial charge is 0.404 e. The molecule has 0 saturated heterocycles. The lowest BCUT2D eigenvalue weighted by molar-refractivity contribution is -0.147. The van der Waals surface area contributed by atoms with Crippen LogP contribution in [0, 0.1) is 18.6 Å². The summed E-state index contributed by atoms with van der Waals surface area (Å²) in [6.07, 6.45) is -3.93. The average molecular weight is 412 g/mol. The molecular formula is C15H17F5N4O2S. The van der Waals surface area contributed by atoms with Crippen LogP contribution in [0.1, 0.15) is 18.3 Å². The van der Waals surface area contributed by atoms with E-state index in [2.05, 4.69) is 10.3 Å². The van der Waals surface area contributed by atoms with Crippen molar-refractivity contribution in [1.82, 2.24) is 14.3 Å². The van der Waals surface area contributed by atoms with E-state index in [0.29, 0.717) is 6.92 Å². The number of halogens is 5. The molecule has 2 aromatic heterocycles. The Morgan fingerprint density at radius 2 is 1.89 bits per heavy atom. The van der Waals surface area contributed by atoms with Crippen LogP contribution in [-0.2, 0) is 23.6 Å². The van der Waals surface area contributed by atoms with Crippen LogP contribution in [0.4, 0.5) is 27.8 Å². The van der Waals surface area contributed by atoms with Gasteiger partial charge in [0.2, 0.25) is 10.0 Å². The van der Waals surface area contributed by atoms with E-state index in [-0.39, 0.29) is 23.8 Å². The normalized spacial score (nSPS) is 13.6. The average Bonchev–Trinajstić information content (AvgIpc) is 2.83. The van der Waals surface area contributed by atoms with E-state index < -0.39 is 38.8 Å². The van der Waals surface area contributed by atoms with Gasteiger partial charge in [-0.15, -0.1) is 0 Å². The molecule has 1 unspecified atom stereocenters. The Morgan fingerprint density at radius 3 is 2.44 bits per heavy atom.